The van der Waals surface area contributed by atoms with Crippen LogP contribution in [-0.4, -0.2) is 27.3 Å². The van der Waals surface area contributed by atoms with Crippen LogP contribution >= 0.6 is 0 Å². The second-order valence-corrected chi connectivity index (χ2v) is 8.31. The smallest absolute Gasteiger partial charge is 0.255 e. The lowest BCUT2D eigenvalue weighted by atomic mass is 9.94. The molecule has 1 atom stereocenters. The summed E-state index contributed by atoms with van der Waals surface area (Å²) in [6.45, 7) is 6.71. The van der Waals surface area contributed by atoms with Gasteiger partial charge < -0.3 is 15.4 Å². The molecule has 7 heteroatoms. The Hall–Kier alpha value is -3.61. The lowest BCUT2D eigenvalue weighted by Gasteiger charge is -2.30. The molecule has 172 valence electrons. The third kappa shape index (κ3) is 4.92. The lowest BCUT2D eigenvalue weighted by molar-refractivity contribution is -0.113. The van der Waals surface area contributed by atoms with Gasteiger partial charge in [-0.25, -0.2) is 4.68 Å². The van der Waals surface area contributed by atoms with Gasteiger partial charge in [-0.1, -0.05) is 62.6 Å². The molecule has 1 aliphatic heterocycles. The maximum absolute atomic E-state index is 13.6. The van der Waals surface area contributed by atoms with Gasteiger partial charge in [-0.05, 0) is 38.0 Å². The molecule has 33 heavy (non-hydrogen) atoms. The Bertz CT molecular complexity index is 1150. The van der Waals surface area contributed by atoms with E-state index in [4.69, 9.17) is 4.74 Å². The first kappa shape index (κ1) is 22.6. The van der Waals surface area contributed by atoms with Crippen molar-refractivity contribution in [1.29, 1.82) is 0 Å². The number of anilines is 2. The topological polar surface area (TPSA) is 81.1 Å². The predicted molar refractivity (Wildman–Crippen MR) is 130 cm³/mol. The van der Waals surface area contributed by atoms with Crippen molar-refractivity contribution in [3.05, 3.63) is 77.3 Å². The number of para-hydroxylation sites is 2. The average Bonchev–Trinajstić information content (AvgIpc) is 3.28. The molecule has 0 saturated heterocycles. The number of carbonyl (C=O) groups is 1. The molecular formula is C26H31N5O2. The number of benzene rings is 2. The van der Waals surface area contributed by atoms with Gasteiger partial charge in [0, 0.05) is 16.9 Å². The van der Waals surface area contributed by atoms with Crippen LogP contribution in [-0.2, 0) is 4.79 Å². The molecule has 3 aromatic rings. The number of allylic oxidation sites excluding steroid dienone is 1. The maximum atomic E-state index is 13.6. The molecular weight excluding hydrogens is 414 g/mol. The zero-order valence-electron chi connectivity index (χ0n) is 19.5. The normalized spacial score (nSPS) is 15.1. The van der Waals surface area contributed by atoms with Crippen LogP contribution < -0.4 is 15.4 Å². The van der Waals surface area contributed by atoms with Crippen LogP contribution in [0.2, 0.25) is 0 Å². The van der Waals surface area contributed by atoms with Crippen molar-refractivity contribution in [2.75, 3.05) is 17.2 Å². The summed E-state index contributed by atoms with van der Waals surface area (Å²) in [5.41, 5.74) is 3.99. The Balaban J connectivity index is 1.68. The van der Waals surface area contributed by atoms with Crippen molar-refractivity contribution >= 4 is 17.5 Å². The highest BCUT2D eigenvalue weighted by Crippen LogP contribution is 2.39. The van der Waals surface area contributed by atoms with Gasteiger partial charge in [0.15, 0.2) is 0 Å². The van der Waals surface area contributed by atoms with Gasteiger partial charge in [0.2, 0.25) is 5.95 Å². The molecule has 2 N–H and O–H groups in total. The number of aryl methyl sites for hydroxylation is 1. The first-order valence-corrected chi connectivity index (χ1v) is 11.6. The highest BCUT2D eigenvalue weighted by Gasteiger charge is 2.35. The summed E-state index contributed by atoms with van der Waals surface area (Å²) in [6, 6.07) is 15.2. The minimum absolute atomic E-state index is 0.182. The summed E-state index contributed by atoms with van der Waals surface area (Å²) in [4.78, 5) is 17.9. The number of hydrogen-bond donors (Lipinski definition) is 2. The van der Waals surface area contributed by atoms with Gasteiger partial charge in [0.25, 0.3) is 5.91 Å². The van der Waals surface area contributed by atoms with Crippen molar-refractivity contribution < 1.29 is 9.53 Å². The van der Waals surface area contributed by atoms with Crippen LogP contribution in [0.3, 0.4) is 0 Å². The van der Waals surface area contributed by atoms with Crippen LogP contribution in [0, 0.1) is 6.92 Å². The third-order valence-electron chi connectivity index (χ3n) is 5.90. The molecule has 7 nitrogen and oxygen atoms in total. The minimum atomic E-state index is -0.459. The molecule has 2 aromatic carbocycles. The number of aromatic nitrogens is 3. The van der Waals surface area contributed by atoms with Gasteiger partial charge in [0.1, 0.15) is 18.1 Å². The van der Waals surface area contributed by atoms with E-state index in [0.29, 0.717) is 18.1 Å². The quantitative estimate of drug-likeness (QED) is 0.427. The zero-order chi connectivity index (χ0) is 23.2. The van der Waals surface area contributed by atoms with Crippen LogP contribution in [0.5, 0.6) is 5.75 Å². The monoisotopic (exact) mass is 445 g/mol. The molecule has 1 aliphatic rings. The average molecular weight is 446 g/mol. The van der Waals surface area contributed by atoms with Crippen molar-refractivity contribution in [1.82, 2.24) is 14.8 Å². The molecule has 0 spiro atoms. The van der Waals surface area contributed by atoms with E-state index < -0.39 is 6.04 Å². The first-order chi connectivity index (χ1) is 16.1. The number of rotatable bonds is 9. The van der Waals surface area contributed by atoms with E-state index in [-0.39, 0.29) is 5.91 Å². The van der Waals surface area contributed by atoms with Crippen LogP contribution in [0.4, 0.5) is 11.6 Å². The maximum Gasteiger partial charge on any atom is 0.255 e. The number of nitrogens with zero attached hydrogens (tertiary/aromatic N) is 3. The summed E-state index contributed by atoms with van der Waals surface area (Å²) in [5, 5.41) is 10.7. The Labute approximate surface area is 194 Å². The largest absolute Gasteiger partial charge is 0.493 e. The fraction of sp³-hybridized carbons (Fsp3) is 0.346. The summed E-state index contributed by atoms with van der Waals surface area (Å²) in [7, 11) is 0. The van der Waals surface area contributed by atoms with E-state index in [2.05, 4.69) is 27.6 Å². The zero-order valence-corrected chi connectivity index (χ0v) is 19.5. The van der Waals surface area contributed by atoms with Crippen molar-refractivity contribution in [2.24, 2.45) is 0 Å². The fourth-order valence-electron chi connectivity index (χ4n) is 4.12. The highest BCUT2D eigenvalue weighted by atomic mass is 16.5. The molecule has 0 radical (unpaired) electrons. The molecule has 0 fully saturated rings. The second-order valence-electron chi connectivity index (χ2n) is 8.31. The molecule has 2 heterocycles. The highest BCUT2D eigenvalue weighted by molar-refractivity contribution is 6.06. The Kier molecular flexibility index (Phi) is 7.07. The van der Waals surface area contributed by atoms with Crippen LogP contribution in [0.15, 0.2) is 66.1 Å². The van der Waals surface area contributed by atoms with Gasteiger partial charge in [0.05, 0.1) is 12.2 Å². The van der Waals surface area contributed by atoms with Crippen molar-refractivity contribution in [2.45, 2.75) is 52.5 Å². The van der Waals surface area contributed by atoms with Crippen molar-refractivity contribution in [3.63, 3.8) is 0 Å². The lowest BCUT2D eigenvalue weighted by Crippen LogP contribution is -2.32. The summed E-state index contributed by atoms with van der Waals surface area (Å²) >= 11 is 0. The van der Waals surface area contributed by atoms with E-state index in [1.807, 2.05) is 62.4 Å². The van der Waals surface area contributed by atoms with E-state index in [1.165, 1.54) is 19.2 Å². The standard InChI is InChI=1S/C26H31N5O2/c1-4-5-6-11-16-33-22-15-10-8-13-20(22)24-23(19(3)29-26-27-17-28-31(24)26)25(32)30-21-14-9-7-12-18(21)2/h7-10,12-15,17,24H,4-6,11,16H2,1-3H3,(H,30,32)(H,27,28,29)/t24-/m1/s1. The summed E-state index contributed by atoms with van der Waals surface area (Å²) < 4.78 is 7.94. The fourth-order valence-corrected chi connectivity index (χ4v) is 4.12. The molecule has 0 bridgehead atoms. The molecule has 0 saturated carbocycles. The van der Waals surface area contributed by atoms with E-state index in [0.717, 1.165) is 41.1 Å². The number of ether oxygens (including phenoxy) is 1. The van der Waals surface area contributed by atoms with Gasteiger partial charge in [-0.3, -0.25) is 4.79 Å². The van der Waals surface area contributed by atoms with E-state index >= 15 is 0 Å². The van der Waals surface area contributed by atoms with Gasteiger partial charge in [-0.2, -0.15) is 10.1 Å². The van der Waals surface area contributed by atoms with Crippen molar-refractivity contribution in [3.8, 4) is 5.75 Å². The number of amides is 1. The molecule has 4 rings (SSSR count). The third-order valence-corrected chi connectivity index (χ3v) is 5.90. The SMILES string of the molecule is CCCCCCOc1ccccc1[C@@H]1C(C(=O)Nc2ccccc2C)=C(C)Nc2ncnn21. The van der Waals surface area contributed by atoms with Gasteiger partial charge >= 0.3 is 0 Å². The molecule has 0 aliphatic carbocycles. The Morgan fingerprint density at radius 3 is 2.70 bits per heavy atom. The number of nitrogens with one attached hydrogen (secondary N) is 2. The molecule has 1 aromatic heterocycles. The second kappa shape index (κ2) is 10.3. The predicted octanol–water partition coefficient (Wildman–Crippen LogP) is 5.47. The Morgan fingerprint density at radius 1 is 1.09 bits per heavy atom. The molecule has 1 amide bonds. The van der Waals surface area contributed by atoms with E-state index in [1.54, 1.807) is 4.68 Å². The summed E-state index contributed by atoms with van der Waals surface area (Å²) in [5.74, 6) is 1.18. The first-order valence-electron chi connectivity index (χ1n) is 11.6. The Morgan fingerprint density at radius 2 is 1.88 bits per heavy atom. The summed E-state index contributed by atoms with van der Waals surface area (Å²) in [6.07, 6.45) is 6.02. The number of fused-ring (bicyclic) bond motifs is 1. The minimum Gasteiger partial charge on any atom is -0.493 e. The number of carbonyl (C=O) groups excluding carboxylic acids is 1. The van der Waals surface area contributed by atoms with E-state index in [9.17, 15) is 4.79 Å². The van der Waals surface area contributed by atoms with Gasteiger partial charge in [-0.15, -0.1) is 0 Å². The molecule has 0 unspecified atom stereocenters. The number of unbranched alkanes of at least 4 members (excludes halogenated alkanes) is 3. The van der Waals surface area contributed by atoms with Crippen LogP contribution in [0.25, 0.3) is 0 Å². The van der Waals surface area contributed by atoms with Crippen LogP contribution in [0.1, 0.15) is 56.7 Å². The number of hydrogen-bond acceptors (Lipinski definition) is 5.